The van der Waals surface area contributed by atoms with E-state index in [1.165, 1.54) is 12.3 Å². The molecule has 2 heterocycles. The molecule has 0 aromatic carbocycles. The molecule has 0 unspecified atom stereocenters. The SMILES string of the molecule is CCOc1nc(Cl)nc(-c2ccncc2F)n1. The van der Waals surface area contributed by atoms with Crippen LogP contribution in [-0.2, 0) is 0 Å². The Labute approximate surface area is 102 Å². The maximum atomic E-state index is 13.5. The van der Waals surface area contributed by atoms with Gasteiger partial charge >= 0.3 is 6.01 Å². The van der Waals surface area contributed by atoms with Crippen molar-refractivity contribution in [2.24, 2.45) is 0 Å². The molecule has 0 amide bonds. The van der Waals surface area contributed by atoms with Crippen molar-refractivity contribution in [1.82, 2.24) is 19.9 Å². The normalized spacial score (nSPS) is 10.3. The largest absolute Gasteiger partial charge is 0.464 e. The molecule has 0 fully saturated rings. The second-order valence-corrected chi connectivity index (χ2v) is 3.34. The highest BCUT2D eigenvalue weighted by Crippen LogP contribution is 2.20. The zero-order valence-electron chi connectivity index (χ0n) is 8.89. The molecule has 0 atom stereocenters. The Bertz CT molecular complexity index is 537. The van der Waals surface area contributed by atoms with E-state index in [1.54, 1.807) is 6.92 Å². The van der Waals surface area contributed by atoms with Gasteiger partial charge in [-0.15, -0.1) is 0 Å². The lowest BCUT2D eigenvalue weighted by Crippen LogP contribution is -2.02. The fourth-order valence-electron chi connectivity index (χ4n) is 1.20. The average Bonchev–Trinajstić information content (AvgIpc) is 2.29. The number of halogens is 2. The summed E-state index contributed by atoms with van der Waals surface area (Å²) >= 11 is 5.71. The van der Waals surface area contributed by atoms with Crippen molar-refractivity contribution in [3.63, 3.8) is 0 Å². The van der Waals surface area contributed by atoms with E-state index >= 15 is 0 Å². The van der Waals surface area contributed by atoms with Gasteiger partial charge in [-0.1, -0.05) is 0 Å². The van der Waals surface area contributed by atoms with Crippen molar-refractivity contribution in [2.45, 2.75) is 6.92 Å². The molecule has 17 heavy (non-hydrogen) atoms. The fourth-order valence-corrected chi connectivity index (χ4v) is 1.35. The van der Waals surface area contributed by atoms with Crippen molar-refractivity contribution in [3.05, 3.63) is 29.6 Å². The molecule has 0 aliphatic heterocycles. The van der Waals surface area contributed by atoms with Gasteiger partial charge in [0.2, 0.25) is 5.28 Å². The van der Waals surface area contributed by atoms with Crippen LogP contribution in [0.25, 0.3) is 11.4 Å². The summed E-state index contributed by atoms with van der Waals surface area (Å²) in [5, 5.41) is -0.0466. The smallest absolute Gasteiger partial charge is 0.321 e. The highest BCUT2D eigenvalue weighted by Gasteiger charge is 2.11. The van der Waals surface area contributed by atoms with Gasteiger partial charge in [0.15, 0.2) is 11.6 Å². The standard InChI is InChI=1S/C10H8ClFN4O/c1-2-17-10-15-8(14-9(11)16-10)6-3-4-13-5-7(6)12/h3-5H,2H2,1H3. The highest BCUT2D eigenvalue weighted by atomic mass is 35.5. The molecule has 0 saturated carbocycles. The van der Waals surface area contributed by atoms with Crippen LogP contribution in [0, 0.1) is 5.82 Å². The first-order chi connectivity index (χ1) is 8.20. The third-order valence-corrected chi connectivity index (χ3v) is 2.04. The predicted molar refractivity (Wildman–Crippen MR) is 59.2 cm³/mol. The van der Waals surface area contributed by atoms with Gasteiger partial charge in [-0.3, -0.25) is 4.98 Å². The molecule has 2 rings (SSSR count). The van der Waals surface area contributed by atoms with E-state index in [0.29, 0.717) is 6.61 Å². The third-order valence-electron chi connectivity index (χ3n) is 1.87. The van der Waals surface area contributed by atoms with Crippen molar-refractivity contribution in [1.29, 1.82) is 0 Å². The van der Waals surface area contributed by atoms with Crippen molar-refractivity contribution < 1.29 is 9.13 Å². The molecule has 0 radical (unpaired) electrons. The predicted octanol–water partition coefficient (Wildman–Crippen LogP) is 2.12. The Hall–Kier alpha value is -1.82. The van der Waals surface area contributed by atoms with Crippen LogP contribution in [0.3, 0.4) is 0 Å². The van der Waals surface area contributed by atoms with Crippen LogP contribution in [0.5, 0.6) is 6.01 Å². The zero-order chi connectivity index (χ0) is 12.3. The molecule has 0 aliphatic carbocycles. The molecule has 0 aliphatic rings. The van der Waals surface area contributed by atoms with Gasteiger partial charge in [0.25, 0.3) is 0 Å². The Kier molecular flexibility index (Phi) is 3.43. The van der Waals surface area contributed by atoms with Gasteiger partial charge in [0.05, 0.1) is 18.4 Å². The van der Waals surface area contributed by atoms with Crippen LogP contribution >= 0.6 is 11.6 Å². The minimum absolute atomic E-state index is 0.0466. The number of aromatic nitrogens is 4. The van der Waals surface area contributed by atoms with Crippen molar-refractivity contribution in [2.75, 3.05) is 6.61 Å². The maximum Gasteiger partial charge on any atom is 0.321 e. The van der Waals surface area contributed by atoms with Crippen LogP contribution in [0.4, 0.5) is 4.39 Å². The Morgan fingerprint density at radius 1 is 1.35 bits per heavy atom. The molecule has 0 N–H and O–H groups in total. The summed E-state index contributed by atoms with van der Waals surface area (Å²) in [7, 11) is 0. The first kappa shape index (κ1) is 11.7. The Morgan fingerprint density at radius 2 is 2.18 bits per heavy atom. The summed E-state index contributed by atoms with van der Waals surface area (Å²) in [6, 6.07) is 1.52. The molecule has 5 nitrogen and oxygen atoms in total. The van der Waals surface area contributed by atoms with Crippen molar-refractivity contribution in [3.8, 4) is 17.4 Å². The van der Waals surface area contributed by atoms with Gasteiger partial charge in [-0.2, -0.15) is 15.0 Å². The quantitative estimate of drug-likeness (QED) is 0.840. The first-order valence-corrected chi connectivity index (χ1v) is 5.22. The molecular formula is C10H8ClFN4O. The van der Waals surface area contributed by atoms with Gasteiger partial charge in [0, 0.05) is 6.20 Å². The van der Waals surface area contributed by atoms with E-state index < -0.39 is 5.82 Å². The number of pyridine rings is 1. The summed E-state index contributed by atoms with van der Waals surface area (Å²) in [6.07, 6.45) is 2.52. The summed E-state index contributed by atoms with van der Waals surface area (Å²) in [6.45, 7) is 2.17. The Balaban J connectivity index is 2.48. The van der Waals surface area contributed by atoms with E-state index in [9.17, 15) is 4.39 Å². The lowest BCUT2D eigenvalue weighted by molar-refractivity contribution is 0.312. The van der Waals surface area contributed by atoms with Gasteiger partial charge in [-0.05, 0) is 24.6 Å². The van der Waals surface area contributed by atoms with Gasteiger partial charge in [-0.25, -0.2) is 4.39 Å². The molecular weight excluding hydrogens is 247 g/mol. The van der Waals surface area contributed by atoms with E-state index in [0.717, 1.165) is 6.20 Å². The third kappa shape index (κ3) is 2.65. The zero-order valence-corrected chi connectivity index (χ0v) is 9.65. The van der Waals surface area contributed by atoms with Crippen LogP contribution in [0.15, 0.2) is 18.5 Å². The lowest BCUT2D eigenvalue weighted by atomic mass is 10.2. The molecule has 0 saturated heterocycles. The molecule has 2 aromatic rings. The van der Waals surface area contributed by atoms with E-state index in [1.807, 2.05) is 0 Å². The minimum Gasteiger partial charge on any atom is -0.464 e. The topological polar surface area (TPSA) is 60.8 Å². The fraction of sp³-hybridized carbons (Fsp3) is 0.200. The number of hydrogen-bond acceptors (Lipinski definition) is 5. The second kappa shape index (κ2) is 5.01. The number of rotatable bonds is 3. The summed E-state index contributed by atoms with van der Waals surface area (Å²) in [5.41, 5.74) is 0.199. The average molecular weight is 255 g/mol. The van der Waals surface area contributed by atoms with E-state index in [4.69, 9.17) is 16.3 Å². The lowest BCUT2D eigenvalue weighted by Gasteiger charge is -2.04. The summed E-state index contributed by atoms with van der Waals surface area (Å²) < 4.78 is 18.6. The summed E-state index contributed by atoms with van der Waals surface area (Å²) in [4.78, 5) is 15.2. The summed E-state index contributed by atoms with van der Waals surface area (Å²) in [5.74, 6) is -0.412. The highest BCUT2D eigenvalue weighted by molar-refractivity contribution is 6.28. The first-order valence-electron chi connectivity index (χ1n) is 4.85. The molecule has 2 aromatic heterocycles. The molecule has 0 bridgehead atoms. The maximum absolute atomic E-state index is 13.5. The van der Waals surface area contributed by atoms with Crippen molar-refractivity contribution >= 4 is 11.6 Å². The van der Waals surface area contributed by atoms with Gasteiger partial charge in [0.1, 0.15) is 0 Å². The molecule has 0 spiro atoms. The Morgan fingerprint density at radius 3 is 2.88 bits per heavy atom. The van der Waals surface area contributed by atoms with Crippen LogP contribution < -0.4 is 4.74 Å². The second-order valence-electron chi connectivity index (χ2n) is 3.00. The number of nitrogens with zero attached hydrogens (tertiary/aromatic N) is 4. The molecule has 7 heteroatoms. The van der Waals surface area contributed by atoms with Gasteiger partial charge < -0.3 is 4.74 Å². The monoisotopic (exact) mass is 254 g/mol. The van der Waals surface area contributed by atoms with Crippen LogP contribution in [0.1, 0.15) is 6.92 Å². The van der Waals surface area contributed by atoms with E-state index in [-0.39, 0.29) is 22.7 Å². The van der Waals surface area contributed by atoms with Crippen LogP contribution in [0.2, 0.25) is 5.28 Å². The van der Waals surface area contributed by atoms with Crippen LogP contribution in [-0.4, -0.2) is 26.5 Å². The molecule has 88 valence electrons. The number of hydrogen-bond donors (Lipinski definition) is 0. The minimum atomic E-state index is -0.530. The van der Waals surface area contributed by atoms with E-state index in [2.05, 4.69) is 19.9 Å². The number of ether oxygens (including phenoxy) is 1.